The van der Waals surface area contributed by atoms with Crippen molar-refractivity contribution in [1.82, 2.24) is 10.6 Å². The van der Waals surface area contributed by atoms with Gasteiger partial charge in [0.2, 0.25) is 0 Å². The zero-order chi connectivity index (χ0) is 22.5. The van der Waals surface area contributed by atoms with Gasteiger partial charge in [0.15, 0.2) is 5.96 Å². The monoisotopic (exact) mass is 557 g/mol. The highest BCUT2D eigenvalue weighted by atomic mass is 127. The molecule has 0 saturated carbocycles. The molecule has 0 fully saturated rings. The molecule has 2 atom stereocenters. The van der Waals surface area contributed by atoms with E-state index in [1.54, 1.807) is 32.4 Å². The van der Waals surface area contributed by atoms with Crippen LogP contribution in [0, 0.1) is 0 Å². The van der Waals surface area contributed by atoms with Crippen LogP contribution in [0.15, 0.2) is 53.5 Å². The fourth-order valence-corrected chi connectivity index (χ4v) is 3.01. The van der Waals surface area contributed by atoms with E-state index in [1.165, 1.54) is 5.56 Å². The number of methoxy groups -OCH3 is 2. The summed E-state index contributed by atoms with van der Waals surface area (Å²) in [5.74, 6) is 1.92. The first-order valence-electron chi connectivity index (χ1n) is 10.7. The normalized spacial score (nSPS) is 13.0. The molecule has 0 spiro atoms. The van der Waals surface area contributed by atoms with E-state index in [0.29, 0.717) is 29.6 Å². The third-order valence-corrected chi connectivity index (χ3v) is 4.78. The standard InChI is InChI=1S/C24H35N3O4.HI/c1-5-25-24(26-12-9-13-31-18(2)19-10-7-6-8-11-19)27-17-23(28)20-14-21(29-3)16-22(15-20)30-4;/h6-8,10-11,14-16,18,23,28H,5,9,12-13,17H2,1-4H3,(H2,25,26,27);1H. The van der Waals surface area contributed by atoms with Crippen molar-refractivity contribution < 1.29 is 19.3 Å². The van der Waals surface area contributed by atoms with Crippen molar-refractivity contribution in [2.24, 2.45) is 4.99 Å². The lowest BCUT2D eigenvalue weighted by molar-refractivity contribution is 0.0646. The number of aliphatic hydroxyl groups is 1. The van der Waals surface area contributed by atoms with Crippen molar-refractivity contribution in [3.05, 3.63) is 59.7 Å². The Hall–Kier alpha value is -2.04. The number of rotatable bonds is 12. The van der Waals surface area contributed by atoms with Gasteiger partial charge in [-0.05, 0) is 43.5 Å². The summed E-state index contributed by atoms with van der Waals surface area (Å²) in [6.07, 6.45) is 0.143. The smallest absolute Gasteiger partial charge is 0.191 e. The van der Waals surface area contributed by atoms with E-state index in [1.807, 2.05) is 25.1 Å². The highest BCUT2D eigenvalue weighted by Gasteiger charge is 2.11. The second-order valence-electron chi connectivity index (χ2n) is 7.09. The Kier molecular flexibility index (Phi) is 13.7. The maximum Gasteiger partial charge on any atom is 0.191 e. The molecule has 0 aliphatic heterocycles. The maximum absolute atomic E-state index is 10.6. The van der Waals surface area contributed by atoms with Gasteiger partial charge in [-0.15, -0.1) is 24.0 Å². The predicted octanol–water partition coefficient (Wildman–Crippen LogP) is 4.08. The van der Waals surface area contributed by atoms with E-state index < -0.39 is 6.10 Å². The number of aliphatic hydroxyl groups excluding tert-OH is 1. The molecule has 0 heterocycles. The van der Waals surface area contributed by atoms with Crippen molar-refractivity contribution in [2.45, 2.75) is 32.5 Å². The summed E-state index contributed by atoms with van der Waals surface area (Å²) in [5, 5.41) is 17.0. The molecular weight excluding hydrogens is 521 g/mol. The van der Waals surface area contributed by atoms with Crippen LogP contribution in [0.5, 0.6) is 11.5 Å². The Morgan fingerprint density at radius 3 is 2.25 bits per heavy atom. The van der Waals surface area contributed by atoms with Crippen LogP contribution >= 0.6 is 24.0 Å². The van der Waals surface area contributed by atoms with E-state index in [4.69, 9.17) is 14.2 Å². The largest absolute Gasteiger partial charge is 0.497 e. The molecule has 2 aromatic rings. The number of halogens is 1. The number of hydrogen-bond donors (Lipinski definition) is 3. The molecule has 0 radical (unpaired) electrons. The summed E-state index contributed by atoms with van der Waals surface area (Å²) >= 11 is 0. The zero-order valence-corrected chi connectivity index (χ0v) is 21.7. The number of nitrogens with one attached hydrogen (secondary N) is 2. The SMILES string of the molecule is CCNC(=NCC(O)c1cc(OC)cc(OC)c1)NCCCOC(C)c1ccccc1.I. The fourth-order valence-electron chi connectivity index (χ4n) is 3.01. The first kappa shape index (κ1) is 28.0. The van der Waals surface area contributed by atoms with Gasteiger partial charge in [-0.2, -0.15) is 0 Å². The van der Waals surface area contributed by atoms with E-state index in [2.05, 4.69) is 34.7 Å². The van der Waals surface area contributed by atoms with E-state index in [9.17, 15) is 5.11 Å². The molecule has 2 aromatic carbocycles. The highest BCUT2D eigenvalue weighted by molar-refractivity contribution is 14.0. The van der Waals surface area contributed by atoms with Gasteiger partial charge in [-0.3, -0.25) is 4.99 Å². The van der Waals surface area contributed by atoms with E-state index in [0.717, 1.165) is 19.5 Å². The molecule has 32 heavy (non-hydrogen) atoms. The minimum absolute atomic E-state index is 0. The van der Waals surface area contributed by atoms with Crippen LogP contribution in [0.25, 0.3) is 0 Å². The van der Waals surface area contributed by atoms with Crippen molar-refractivity contribution in [3.8, 4) is 11.5 Å². The summed E-state index contributed by atoms with van der Waals surface area (Å²) in [6.45, 7) is 6.38. The Morgan fingerprint density at radius 1 is 1.00 bits per heavy atom. The average molecular weight is 557 g/mol. The minimum atomic E-state index is -0.769. The Labute approximate surface area is 208 Å². The summed E-state index contributed by atoms with van der Waals surface area (Å²) in [7, 11) is 3.17. The molecule has 178 valence electrons. The first-order chi connectivity index (χ1) is 15.1. The number of benzene rings is 2. The van der Waals surface area contributed by atoms with Crippen LogP contribution in [0.2, 0.25) is 0 Å². The lowest BCUT2D eigenvalue weighted by Gasteiger charge is -2.16. The molecule has 0 bridgehead atoms. The van der Waals surface area contributed by atoms with Gasteiger partial charge < -0.3 is 30.0 Å². The maximum atomic E-state index is 10.6. The molecule has 0 aliphatic carbocycles. The van der Waals surface area contributed by atoms with Gasteiger partial charge in [-0.25, -0.2) is 0 Å². The molecule has 8 heteroatoms. The number of aliphatic imine (C=N–C) groups is 1. The fraction of sp³-hybridized carbons (Fsp3) is 0.458. The third kappa shape index (κ3) is 9.62. The van der Waals surface area contributed by atoms with Crippen molar-refractivity contribution >= 4 is 29.9 Å². The molecule has 3 N–H and O–H groups in total. The highest BCUT2D eigenvalue weighted by Crippen LogP contribution is 2.26. The molecular formula is C24H36IN3O4. The summed E-state index contributed by atoms with van der Waals surface area (Å²) in [5.41, 5.74) is 1.87. The summed E-state index contributed by atoms with van der Waals surface area (Å²) < 4.78 is 16.4. The Balaban J connectivity index is 0.00000512. The number of nitrogens with zero attached hydrogens (tertiary/aromatic N) is 1. The number of ether oxygens (including phenoxy) is 3. The van der Waals surface area contributed by atoms with Gasteiger partial charge in [0.05, 0.1) is 33.0 Å². The predicted molar refractivity (Wildman–Crippen MR) is 139 cm³/mol. The van der Waals surface area contributed by atoms with Crippen LogP contribution in [0.1, 0.15) is 43.6 Å². The molecule has 0 aromatic heterocycles. The number of hydrogen-bond acceptors (Lipinski definition) is 5. The molecule has 0 saturated heterocycles. The van der Waals surface area contributed by atoms with E-state index >= 15 is 0 Å². The van der Waals surface area contributed by atoms with Crippen LogP contribution in [-0.2, 0) is 4.74 Å². The molecule has 2 rings (SSSR count). The Bertz CT molecular complexity index is 783. The summed E-state index contributed by atoms with van der Waals surface area (Å²) in [4.78, 5) is 4.50. The minimum Gasteiger partial charge on any atom is -0.497 e. The molecule has 0 aliphatic rings. The Morgan fingerprint density at radius 2 is 1.66 bits per heavy atom. The second-order valence-corrected chi connectivity index (χ2v) is 7.09. The average Bonchev–Trinajstić information content (AvgIpc) is 2.81. The van der Waals surface area contributed by atoms with Gasteiger partial charge in [-0.1, -0.05) is 30.3 Å². The molecule has 7 nitrogen and oxygen atoms in total. The van der Waals surface area contributed by atoms with Gasteiger partial charge in [0.25, 0.3) is 0 Å². The lowest BCUT2D eigenvalue weighted by atomic mass is 10.1. The van der Waals surface area contributed by atoms with Gasteiger partial charge in [0.1, 0.15) is 11.5 Å². The molecule has 0 amide bonds. The third-order valence-electron chi connectivity index (χ3n) is 4.78. The van der Waals surface area contributed by atoms with Gasteiger partial charge in [0, 0.05) is 25.8 Å². The van der Waals surface area contributed by atoms with E-state index in [-0.39, 0.29) is 36.6 Å². The number of guanidine groups is 1. The van der Waals surface area contributed by atoms with Crippen molar-refractivity contribution in [2.75, 3.05) is 40.5 Å². The summed E-state index contributed by atoms with van der Waals surface area (Å²) in [6, 6.07) is 15.5. The van der Waals surface area contributed by atoms with Crippen LogP contribution in [-0.4, -0.2) is 51.5 Å². The quantitative estimate of drug-likeness (QED) is 0.158. The second kappa shape index (κ2) is 15.7. The van der Waals surface area contributed by atoms with Crippen LogP contribution < -0.4 is 20.1 Å². The van der Waals surface area contributed by atoms with Crippen LogP contribution in [0.4, 0.5) is 0 Å². The van der Waals surface area contributed by atoms with Crippen molar-refractivity contribution in [3.63, 3.8) is 0 Å². The van der Waals surface area contributed by atoms with Crippen LogP contribution in [0.3, 0.4) is 0 Å². The first-order valence-corrected chi connectivity index (χ1v) is 10.7. The zero-order valence-electron chi connectivity index (χ0n) is 19.3. The van der Waals surface area contributed by atoms with Crippen molar-refractivity contribution in [1.29, 1.82) is 0 Å². The lowest BCUT2D eigenvalue weighted by Crippen LogP contribution is -2.38. The molecule has 2 unspecified atom stereocenters. The topological polar surface area (TPSA) is 84.3 Å². The van der Waals surface area contributed by atoms with Gasteiger partial charge >= 0.3 is 0 Å².